The molecule has 5 nitrogen and oxygen atoms in total. The molecule has 1 aromatic heterocycles. The smallest absolute Gasteiger partial charge is 0.255 e. The van der Waals surface area contributed by atoms with Crippen LogP contribution in [-0.4, -0.2) is 21.8 Å². The number of amides is 1. The van der Waals surface area contributed by atoms with Gasteiger partial charge in [-0.2, -0.15) is 0 Å². The Balaban J connectivity index is 1.85. The maximum absolute atomic E-state index is 12.4. The molecule has 0 fully saturated rings. The Bertz CT molecular complexity index is 947. The Morgan fingerprint density at radius 2 is 1.68 bits per heavy atom. The van der Waals surface area contributed by atoms with Crippen molar-refractivity contribution in [1.29, 1.82) is 0 Å². The SMILES string of the molecule is CC(C)(C)C(=O)c1cc2cc(NC(=O)c3ccc(O)cc3)ccc2[nH]1. The van der Waals surface area contributed by atoms with Gasteiger partial charge in [-0.25, -0.2) is 0 Å². The van der Waals surface area contributed by atoms with E-state index in [1.54, 1.807) is 24.3 Å². The third kappa shape index (κ3) is 3.55. The van der Waals surface area contributed by atoms with Gasteiger partial charge in [0.25, 0.3) is 5.91 Å². The van der Waals surface area contributed by atoms with E-state index in [1.165, 1.54) is 12.1 Å². The number of hydrogen-bond donors (Lipinski definition) is 3. The number of Topliss-reactive ketones (excluding diaryl/α,β-unsaturated/α-hetero) is 1. The fourth-order valence-corrected chi connectivity index (χ4v) is 2.55. The van der Waals surface area contributed by atoms with Gasteiger partial charge >= 0.3 is 0 Å². The van der Waals surface area contributed by atoms with E-state index < -0.39 is 5.41 Å². The van der Waals surface area contributed by atoms with Crippen molar-refractivity contribution in [2.24, 2.45) is 5.41 Å². The third-order valence-electron chi connectivity index (χ3n) is 3.93. The fourth-order valence-electron chi connectivity index (χ4n) is 2.55. The molecule has 0 bridgehead atoms. The number of phenols is 1. The minimum Gasteiger partial charge on any atom is -0.508 e. The van der Waals surface area contributed by atoms with Crippen LogP contribution in [0.1, 0.15) is 41.6 Å². The molecule has 0 saturated carbocycles. The van der Waals surface area contributed by atoms with Crippen molar-refractivity contribution in [2.75, 3.05) is 5.32 Å². The first-order valence-corrected chi connectivity index (χ1v) is 8.02. The molecule has 3 N–H and O–H groups in total. The van der Waals surface area contributed by atoms with E-state index in [9.17, 15) is 14.7 Å². The first-order valence-electron chi connectivity index (χ1n) is 8.02. The Hall–Kier alpha value is -3.08. The van der Waals surface area contributed by atoms with Crippen molar-refractivity contribution in [2.45, 2.75) is 20.8 Å². The number of anilines is 1. The number of hydrogen-bond acceptors (Lipinski definition) is 3. The number of nitrogens with one attached hydrogen (secondary N) is 2. The molecular weight excluding hydrogens is 316 g/mol. The van der Waals surface area contributed by atoms with Gasteiger partial charge in [0.05, 0.1) is 5.69 Å². The molecule has 0 aliphatic heterocycles. The molecule has 1 amide bonds. The van der Waals surface area contributed by atoms with Gasteiger partial charge in [0, 0.05) is 27.6 Å². The zero-order chi connectivity index (χ0) is 18.2. The van der Waals surface area contributed by atoms with Gasteiger partial charge in [0.15, 0.2) is 5.78 Å². The normalized spacial score (nSPS) is 11.5. The molecule has 0 aliphatic carbocycles. The van der Waals surface area contributed by atoms with Crippen LogP contribution in [0.4, 0.5) is 5.69 Å². The highest BCUT2D eigenvalue weighted by atomic mass is 16.3. The summed E-state index contributed by atoms with van der Waals surface area (Å²) < 4.78 is 0. The van der Waals surface area contributed by atoms with Gasteiger partial charge in [0.1, 0.15) is 5.75 Å². The van der Waals surface area contributed by atoms with Crippen LogP contribution >= 0.6 is 0 Å². The number of aromatic hydroxyl groups is 1. The highest BCUT2D eigenvalue weighted by Gasteiger charge is 2.24. The maximum Gasteiger partial charge on any atom is 0.255 e. The monoisotopic (exact) mass is 336 g/mol. The van der Waals surface area contributed by atoms with Gasteiger partial charge in [-0.1, -0.05) is 20.8 Å². The molecule has 0 aliphatic rings. The molecular formula is C20H20N2O3. The summed E-state index contributed by atoms with van der Waals surface area (Å²) in [6, 6.07) is 13.3. The van der Waals surface area contributed by atoms with E-state index in [2.05, 4.69) is 10.3 Å². The molecule has 0 spiro atoms. The van der Waals surface area contributed by atoms with Gasteiger partial charge in [0.2, 0.25) is 0 Å². The van der Waals surface area contributed by atoms with E-state index in [-0.39, 0.29) is 17.4 Å². The van der Waals surface area contributed by atoms with Crippen LogP contribution < -0.4 is 5.32 Å². The quantitative estimate of drug-likeness (QED) is 0.622. The molecule has 0 saturated heterocycles. The summed E-state index contributed by atoms with van der Waals surface area (Å²) >= 11 is 0. The summed E-state index contributed by atoms with van der Waals surface area (Å²) in [6.07, 6.45) is 0. The number of carbonyl (C=O) groups is 2. The van der Waals surface area contributed by atoms with E-state index in [1.807, 2.05) is 32.9 Å². The average molecular weight is 336 g/mol. The molecule has 25 heavy (non-hydrogen) atoms. The lowest BCUT2D eigenvalue weighted by Crippen LogP contribution is -2.20. The fraction of sp³-hybridized carbons (Fsp3) is 0.200. The van der Waals surface area contributed by atoms with Crippen LogP contribution in [0.5, 0.6) is 5.75 Å². The van der Waals surface area contributed by atoms with Crippen molar-refractivity contribution in [1.82, 2.24) is 4.98 Å². The van der Waals surface area contributed by atoms with Gasteiger partial charge in [-0.3, -0.25) is 9.59 Å². The Labute approximate surface area is 145 Å². The largest absolute Gasteiger partial charge is 0.508 e. The molecule has 1 heterocycles. The minimum atomic E-state index is -0.462. The second-order valence-electron chi connectivity index (χ2n) is 7.07. The summed E-state index contributed by atoms with van der Waals surface area (Å²) in [5.74, 6) is -0.111. The van der Waals surface area contributed by atoms with Crippen LogP contribution in [0.3, 0.4) is 0 Å². The molecule has 0 unspecified atom stereocenters. The lowest BCUT2D eigenvalue weighted by atomic mass is 9.89. The first kappa shape index (κ1) is 16.8. The predicted molar refractivity (Wildman–Crippen MR) is 98.1 cm³/mol. The summed E-state index contributed by atoms with van der Waals surface area (Å²) in [6.45, 7) is 5.64. The van der Waals surface area contributed by atoms with Crippen LogP contribution in [0, 0.1) is 5.41 Å². The summed E-state index contributed by atoms with van der Waals surface area (Å²) in [7, 11) is 0. The van der Waals surface area contributed by atoms with Crippen molar-refractivity contribution >= 4 is 28.3 Å². The zero-order valence-corrected chi connectivity index (χ0v) is 14.4. The second-order valence-corrected chi connectivity index (χ2v) is 7.07. The van der Waals surface area contributed by atoms with Gasteiger partial charge in [-0.15, -0.1) is 0 Å². The highest BCUT2D eigenvalue weighted by Crippen LogP contribution is 2.25. The minimum absolute atomic E-state index is 0.0402. The molecule has 3 aromatic rings. The number of aromatic amines is 1. The van der Waals surface area contributed by atoms with E-state index >= 15 is 0 Å². The van der Waals surface area contributed by atoms with E-state index in [4.69, 9.17) is 0 Å². The van der Waals surface area contributed by atoms with Crippen molar-refractivity contribution in [3.8, 4) is 5.75 Å². The van der Waals surface area contributed by atoms with Gasteiger partial charge < -0.3 is 15.4 Å². The summed E-state index contributed by atoms with van der Waals surface area (Å²) in [5.41, 5.74) is 2.03. The maximum atomic E-state index is 12.4. The lowest BCUT2D eigenvalue weighted by Gasteiger charge is -2.14. The Morgan fingerprint density at radius 3 is 2.32 bits per heavy atom. The molecule has 0 radical (unpaired) electrons. The number of H-pyrrole nitrogens is 1. The van der Waals surface area contributed by atoms with Crippen LogP contribution in [0.2, 0.25) is 0 Å². The predicted octanol–water partition coefficient (Wildman–Crippen LogP) is 4.35. The molecule has 128 valence electrons. The molecule has 2 aromatic carbocycles. The third-order valence-corrected chi connectivity index (χ3v) is 3.93. The first-order chi connectivity index (χ1) is 11.7. The Kier molecular flexibility index (Phi) is 4.08. The standard InChI is InChI=1S/C20H20N2O3/c1-20(2,3)18(24)17-11-13-10-14(6-9-16(13)22-17)21-19(25)12-4-7-15(23)8-5-12/h4-11,22-23H,1-3H3,(H,21,25). The molecule has 0 atom stereocenters. The second kappa shape index (κ2) is 6.09. The number of carbonyl (C=O) groups excluding carboxylic acids is 2. The topological polar surface area (TPSA) is 82.2 Å². The number of benzene rings is 2. The number of phenolic OH excluding ortho intramolecular Hbond substituents is 1. The Morgan fingerprint density at radius 1 is 1.00 bits per heavy atom. The summed E-state index contributed by atoms with van der Waals surface area (Å²) in [4.78, 5) is 27.8. The van der Waals surface area contributed by atoms with Crippen LogP contribution in [0.15, 0.2) is 48.5 Å². The number of fused-ring (bicyclic) bond motifs is 1. The van der Waals surface area contributed by atoms with Gasteiger partial charge in [-0.05, 0) is 48.5 Å². The summed E-state index contributed by atoms with van der Waals surface area (Å²) in [5, 5.41) is 13.0. The highest BCUT2D eigenvalue weighted by molar-refractivity contribution is 6.06. The van der Waals surface area contributed by atoms with E-state index in [0.717, 1.165) is 10.9 Å². The number of ketones is 1. The molecule has 3 rings (SSSR count). The molecule has 5 heteroatoms. The zero-order valence-electron chi connectivity index (χ0n) is 14.4. The van der Waals surface area contributed by atoms with Crippen LogP contribution in [-0.2, 0) is 0 Å². The lowest BCUT2D eigenvalue weighted by molar-refractivity contribution is 0.0853. The van der Waals surface area contributed by atoms with Crippen molar-refractivity contribution < 1.29 is 14.7 Å². The van der Waals surface area contributed by atoms with E-state index in [0.29, 0.717) is 16.9 Å². The number of aromatic nitrogens is 1. The number of rotatable bonds is 3. The van der Waals surface area contributed by atoms with Crippen molar-refractivity contribution in [3.05, 3.63) is 59.8 Å². The average Bonchev–Trinajstić information content (AvgIpc) is 2.96. The van der Waals surface area contributed by atoms with Crippen molar-refractivity contribution in [3.63, 3.8) is 0 Å². The van der Waals surface area contributed by atoms with Crippen LogP contribution in [0.25, 0.3) is 10.9 Å².